The van der Waals surface area contributed by atoms with E-state index in [0.717, 1.165) is 12.2 Å². The molecule has 0 saturated carbocycles. The Labute approximate surface area is 118 Å². The molecular weight excluding hydrogens is 234 g/mol. The van der Waals surface area contributed by atoms with Crippen molar-refractivity contribution in [2.75, 3.05) is 11.9 Å². The Hall–Kier alpha value is -1.09. The van der Waals surface area contributed by atoms with Crippen LogP contribution in [-0.2, 0) is 6.54 Å². The van der Waals surface area contributed by atoms with Crippen LogP contribution in [-0.4, -0.2) is 23.6 Å². The molecule has 1 aromatic heterocycles. The Morgan fingerprint density at radius 2 is 1.89 bits per heavy atom. The van der Waals surface area contributed by atoms with E-state index in [1.165, 1.54) is 18.5 Å². The second kappa shape index (κ2) is 6.90. The summed E-state index contributed by atoms with van der Waals surface area (Å²) in [7, 11) is 2.17. The third-order valence-electron chi connectivity index (χ3n) is 3.50. The Kier molecular flexibility index (Phi) is 5.80. The number of pyridine rings is 1. The average molecular weight is 263 g/mol. The fraction of sp³-hybridized carbons (Fsp3) is 0.688. The maximum Gasteiger partial charge on any atom is 0.0562 e. The Morgan fingerprint density at radius 3 is 2.42 bits per heavy atom. The van der Waals surface area contributed by atoms with Gasteiger partial charge in [-0.2, -0.15) is 0 Å². The first-order valence-electron chi connectivity index (χ1n) is 7.30. The molecule has 1 heterocycles. The van der Waals surface area contributed by atoms with Crippen molar-refractivity contribution in [3.63, 3.8) is 0 Å². The molecule has 0 fully saturated rings. The molecule has 0 amide bonds. The fourth-order valence-corrected chi connectivity index (χ4v) is 2.18. The Balaban J connectivity index is 2.76. The zero-order chi connectivity index (χ0) is 14.5. The van der Waals surface area contributed by atoms with E-state index in [2.05, 4.69) is 69.0 Å². The first-order chi connectivity index (χ1) is 8.87. The maximum absolute atomic E-state index is 4.45. The largest absolute Gasteiger partial charge is 0.372 e. The van der Waals surface area contributed by atoms with Crippen molar-refractivity contribution in [3.8, 4) is 0 Å². The van der Waals surface area contributed by atoms with Gasteiger partial charge in [-0.25, -0.2) is 0 Å². The van der Waals surface area contributed by atoms with E-state index in [9.17, 15) is 0 Å². The number of aromatic nitrogens is 1. The topological polar surface area (TPSA) is 28.2 Å². The highest BCUT2D eigenvalue weighted by molar-refractivity contribution is 5.46. The number of hydrogen-bond donors (Lipinski definition) is 1. The third kappa shape index (κ3) is 5.19. The third-order valence-corrected chi connectivity index (χ3v) is 3.50. The van der Waals surface area contributed by atoms with Crippen LogP contribution in [0, 0.1) is 0 Å². The summed E-state index contributed by atoms with van der Waals surface area (Å²) in [6.07, 6.45) is 4.25. The van der Waals surface area contributed by atoms with Gasteiger partial charge in [0.15, 0.2) is 0 Å². The molecular formula is C16H29N3. The molecule has 1 aromatic rings. The maximum atomic E-state index is 4.45. The molecule has 108 valence electrons. The van der Waals surface area contributed by atoms with Crippen LogP contribution >= 0.6 is 0 Å². The highest BCUT2D eigenvalue weighted by Crippen LogP contribution is 2.19. The lowest BCUT2D eigenvalue weighted by Gasteiger charge is -2.28. The Morgan fingerprint density at radius 1 is 1.26 bits per heavy atom. The van der Waals surface area contributed by atoms with Gasteiger partial charge in [0, 0.05) is 37.1 Å². The summed E-state index contributed by atoms with van der Waals surface area (Å²) in [4.78, 5) is 6.81. The van der Waals surface area contributed by atoms with Crippen LogP contribution in [0.3, 0.4) is 0 Å². The molecule has 19 heavy (non-hydrogen) atoms. The van der Waals surface area contributed by atoms with Crippen molar-refractivity contribution in [2.24, 2.45) is 0 Å². The van der Waals surface area contributed by atoms with Crippen molar-refractivity contribution in [3.05, 3.63) is 24.0 Å². The van der Waals surface area contributed by atoms with Crippen molar-refractivity contribution >= 4 is 5.69 Å². The van der Waals surface area contributed by atoms with Gasteiger partial charge in [0.2, 0.25) is 0 Å². The fourth-order valence-electron chi connectivity index (χ4n) is 2.18. The van der Waals surface area contributed by atoms with Gasteiger partial charge in [0.1, 0.15) is 0 Å². The molecule has 1 rings (SSSR count). The summed E-state index contributed by atoms with van der Waals surface area (Å²) in [5.74, 6) is 0. The van der Waals surface area contributed by atoms with E-state index in [1.54, 1.807) is 0 Å². The summed E-state index contributed by atoms with van der Waals surface area (Å²) in [6.45, 7) is 11.8. The molecule has 0 aliphatic rings. The van der Waals surface area contributed by atoms with Crippen LogP contribution in [0.15, 0.2) is 18.3 Å². The quantitative estimate of drug-likeness (QED) is 0.850. The van der Waals surface area contributed by atoms with Crippen LogP contribution in [0.4, 0.5) is 5.69 Å². The predicted molar refractivity (Wildman–Crippen MR) is 83.6 cm³/mol. The van der Waals surface area contributed by atoms with Crippen molar-refractivity contribution in [1.29, 1.82) is 0 Å². The zero-order valence-electron chi connectivity index (χ0n) is 13.3. The van der Waals surface area contributed by atoms with Gasteiger partial charge in [-0.05, 0) is 45.7 Å². The van der Waals surface area contributed by atoms with E-state index < -0.39 is 0 Å². The second-order valence-corrected chi connectivity index (χ2v) is 6.19. The van der Waals surface area contributed by atoms with E-state index in [1.807, 2.05) is 6.20 Å². The number of anilines is 1. The highest BCUT2D eigenvalue weighted by atomic mass is 15.1. The van der Waals surface area contributed by atoms with E-state index >= 15 is 0 Å². The van der Waals surface area contributed by atoms with Gasteiger partial charge in [0.25, 0.3) is 0 Å². The molecule has 0 radical (unpaired) electrons. The van der Waals surface area contributed by atoms with Gasteiger partial charge >= 0.3 is 0 Å². The minimum atomic E-state index is 0.124. The lowest BCUT2D eigenvalue weighted by Crippen LogP contribution is -2.35. The minimum Gasteiger partial charge on any atom is -0.372 e. The van der Waals surface area contributed by atoms with Gasteiger partial charge in [0.05, 0.1) is 5.69 Å². The predicted octanol–water partition coefficient (Wildman–Crippen LogP) is 3.59. The second-order valence-electron chi connectivity index (χ2n) is 6.19. The lowest BCUT2D eigenvalue weighted by molar-refractivity contribution is 0.421. The van der Waals surface area contributed by atoms with Crippen LogP contribution in [0.5, 0.6) is 0 Å². The SMILES string of the molecule is CCC(CC)N(C)c1ccnc(CNC(C)(C)C)c1. The number of rotatable bonds is 6. The summed E-state index contributed by atoms with van der Waals surface area (Å²) >= 11 is 0. The molecule has 0 aliphatic carbocycles. The van der Waals surface area contributed by atoms with Crippen molar-refractivity contribution < 1.29 is 0 Å². The number of nitrogens with one attached hydrogen (secondary N) is 1. The summed E-state index contributed by atoms with van der Waals surface area (Å²) in [5, 5.41) is 3.48. The standard InChI is InChI=1S/C16H29N3/c1-7-14(8-2)19(6)15-9-10-17-13(11-15)12-18-16(3,4)5/h9-11,14,18H,7-8,12H2,1-6H3. The summed E-state index contributed by atoms with van der Waals surface area (Å²) in [6, 6.07) is 4.89. The first kappa shape index (κ1) is 16.0. The van der Waals surface area contributed by atoms with Crippen LogP contribution in [0.2, 0.25) is 0 Å². The molecule has 0 aliphatic heterocycles. The van der Waals surface area contributed by atoms with E-state index in [0.29, 0.717) is 6.04 Å². The van der Waals surface area contributed by atoms with Crippen LogP contribution in [0.25, 0.3) is 0 Å². The average Bonchev–Trinajstić information content (AvgIpc) is 2.37. The van der Waals surface area contributed by atoms with Crippen molar-refractivity contribution in [1.82, 2.24) is 10.3 Å². The van der Waals surface area contributed by atoms with Gasteiger partial charge in [-0.15, -0.1) is 0 Å². The minimum absolute atomic E-state index is 0.124. The molecule has 1 N–H and O–H groups in total. The molecule has 3 heteroatoms. The molecule has 0 spiro atoms. The number of hydrogen-bond acceptors (Lipinski definition) is 3. The van der Waals surface area contributed by atoms with E-state index in [-0.39, 0.29) is 5.54 Å². The normalized spacial score (nSPS) is 11.9. The summed E-state index contributed by atoms with van der Waals surface area (Å²) < 4.78 is 0. The zero-order valence-corrected chi connectivity index (χ0v) is 13.3. The van der Waals surface area contributed by atoms with Gasteiger partial charge in [-0.3, -0.25) is 4.98 Å². The summed E-state index contributed by atoms with van der Waals surface area (Å²) in [5.41, 5.74) is 2.48. The van der Waals surface area contributed by atoms with Crippen LogP contribution in [0.1, 0.15) is 53.2 Å². The highest BCUT2D eigenvalue weighted by Gasteiger charge is 2.13. The molecule has 0 unspecified atom stereocenters. The smallest absolute Gasteiger partial charge is 0.0562 e. The molecule has 0 bridgehead atoms. The first-order valence-corrected chi connectivity index (χ1v) is 7.30. The van der Waals surface area contributed by atoms with Crippen molar-refractivity contribution in [2.45, 2.75) is 65.6 Å². The lowest BCUT2D eigenvalue weighted by atomic mass is 10.1. The molecule has 0 aromatic carbocycles. The van der Waals surface area contributed by atoms with Gasteiger partial charge < -0.3 is 10.2 Å². The number of nitrogens with zero attached hydrogens (tertiary/aromatic N) is 2. The van der Waals surface area contributed by atoms with Crippen LogP contribution < -0.4 is 10.2 Å². The molecule has 0 atom stereocenters. The monoisotopic (exact) mass is 263 g/mol. The Bertz CT molecular complexity index is 378. The van der Waals surface area contributed by atoms with Gasteiger partial charge in [-0.1, -0.05) is 13.8 Å². The van der Waals surface area contributed by atoms with E-state index in [4.69, 9.17) is 0 Å². The molecule has 3 nitrogen and oxygen atoms in total. The molecule has 0 saturated heterocycles.